The van der Waals surface area contributed by atoms with E-state index in [2.05, 4.69) is 9.97 Å². The molecular weight excluding hydrogens is 314 g/mol. The van der Waals surface area contributed by atoms with Crippen LogP contribution in [0.1, 0.15) is 10.4 Å². The number of anilines is 3. The topological polar surface area (TPSA) is 66.3 Å². The predicted molar refractivity (Wildman–Crippen MR) is 88.7 cm³/mol. The van der Waals surface area contributed by atoms with Crippen LogP contribution in [0.4, 0.5) is 17.3 Å². The van der Waals surface area contributed by atoms with Crippen molar-refractivity contribution >= 4 is 34.9 Å². The molecule has 5 nitrogen and oxygen atoms in total. The standard InChI is InChI=1S/C17H12ClN3O2/c18-13-4-8-15(9-5-13)21(17-19-10-1-11-20-17)14-6-2-12(3-7-14)16(22)23/h1-11H,(H,22,23). The van der Waals surface area contributed by atoms with Gasteiger partial charge < -0.3 is 5.11 Å². The van der Waals surface area contributed by atoms with Crippen LogP contribution in [0.5, 0.6) is 0 Å². The molecule has 0 saturated carbocycles. The number of aromatic nitrogens is 2. The third-order valence-corrected chi connectivity index (χ3v) is 3.46. The molecule has 3 aromatic rings. The third-order valence-electron chi connectivity index (χ3n) is 3.21. The molecule has 0 spiro atoms. The highest BCUT2D eigenvalue weighted by atomic mass is 35.5. The van der Waals surface area contributed by atoms with Crippen molar-refractivity contribution < 1.29 is 9.90 Å². The van der Waals surface area contributed by atoms with Gasteiger partial charge in [-0.2, -0.15) is 0 Å². The summed E-state index contributed by atoms with van der Waals surface area (Å²) in [7, 11) is 0. The maximum absolute atomic E-state index is 11.0. The lowest BCUT2D eigenvalue weighted by molar-refractivity contribution is 0.0697. The normalized spacial score (nSPS) is 10.3. The molecule has 0 aliphatic heterocycles. The lowest BCUT2D eigenvalue weighted by Crippen LogP contribution is -2.13. The smallest absolute Gasteiger partial charge is 0.335 e. The minimum absolute atomic E-state index is 0.221. The van der Waals surface area contributed by atoms with Crippen molar-refractivity contribution in [3.63, 3.8) is 0 Å². The van der Waals surface area contributed by atoms with Crippen LogP contribution < -0.4 is 4.90 Å². The van der Waals surface area contributed by atoms with E-state index in [4.69, 9.17) is 16.7 Å². The van der Waals surface area contributed by atoms with Crippen LogP contribution in [0.15, 0.2) is 67.0 Å². The van der Waals surface area contributed by atoms with Crippen LogP contribution in [-0.4, -0.2) is 21.0 Å². The van der Waals surface area contributed by atoms with Crippen LogP contribution in [-0.2, 0) is 0 Å². The molecule has 0 aliphatic rings. The van der Waals surface area contributed by atoms with Gasteiger partial charge in [-0.25, -0.2) is 14.8 Å². The number of halogens is 1. The summed E-state index contributed by atoms with van der Waals surface area (Å²) in [6.45, 7) is 0. The van der Waals surface area contributed by atoms with Crippen molar-refractivity contribution in [3.05, 3.63) is 77.6 Å². The summed E-state index contributed by atoms with van der Waals surface area (Å²) >= 11 is 5.95. The molecule has 0 aliphatic carbocycles. The van der Waals surface area contributed by atoms with Gasteiger partial charge in [0.1, 0.15) is 0 Å². The van der Waals surface area contributed by atoms with Gasteiger partial charge >= 0.3 is 5.97 Å². The van der Waals surface area contributed by atoms with Gasteiger partial charge in [0.15, 0.2) is 0 Å². The Morgan fingerprint density at radius 2 is 1.43 bits per heavy atom. The first kappa shape index (κ1) is 15.0. The monoisotopic (exact) mass is 325 g/mol. The molecule has 3 rings (SSSR count). The van der Waals surface area contributed by atoms with E-state index in [0.717, 1.165) is 11.4 Å². The number of hydrogen-bond donors (Lipinski definition) is 1. The molecule has 1 N–H and O–H groups in total. The van der Waals surface area contributed by atoms with Gasteiger partial charge in [-0.15, -0.1) is 0 Å². The maximum Gasteiger partial charge on any atom is 0.335 e. The van der Waals surface area contributed by atoms with E-state index in [0.29, 0.717) is 11.0 Å². The van der Waals surface area contributed by atoms with E-state index in [9.17, 15) is 4.79 Å². The van der Waals surface area contributed by atoms with Gasteiger partial charge in [0.2, 0.25) is 5.95 Å². The average Bonchev–Trinajstić information content (AvgIpc) is 2.58. The first-order valence-electron chi connectivity index (χ1n) is 6.81. The molecule has 0 amide bonds. The summed E-state index contributed by atoms with van der Waals surface area (Å²) in [5.41, 5.74) is 1.80. The summed E-state index contributed by atoms with van der Waals surface area (Å²) in [4.78, 5) is 21.4. The minimum atomic E-state index is -0.967. The van der Waals surface area contributed by atoms with Gasteiger partial charge in [0, 0.05) is 28.8 Å². The number of aromatic carboxylic acids is 1. The number of carbonyl (C=O) groups is 1. The number of rotatable bonds is 4. The highest BCUT2D eigenvalue weighted by Gasteiger charge is 2.15. The Morgan fingerprint density at radius 1 is 0.913 bits per heavy atom. The Labute approximate surface area is 137 Å². The predicted octanol–water partition coefficient (Wildman–Crippen LogP) is 4.30. The number of hydrogen-bond acceptors (Lipinski definition) is 4. The molecule has 1 heterocycles. The van der Waals surface area contributed by atoms with Crippen LogP contribution in [0.2, 0.25) is 5.02 Å². The Kier molecular flexibility index (Phi) is 4.21. The second-order valence-corrected chi connectivity index (χ2v) is 5.15. The van der Waals surface area contributed by atoms with E-state index in [1.54, 1.807) is 54.9 Å². The largest absolute Gasteiger partial charge is 0.478 e. The molecule has 0 unspecified atom stereocenters. The summed E-state index contributed by atoms with van der Waals surface area (Å²) in [6.07, 6.45) is 3.30. The summed E-state index contributed by atoms with van der Waals surface area (Å²) < 4.78 is 0. The zero-order valence-corrected chi connectivity index (χ0v) is 12.7. The molecule has 0 saturated heterocycles. The van der Waals surface area contributed by atoms with Crippen LogP contribution in [0.3, 0.4) is 0 Å². The molecule has 0 fully saturated rings. The molecule has 1 aromatic heterocycles. The molecular formula is C17H12ClN3O2. The second kappa shape index (κ2) is 6.46. The first-order valence-corrected chi connectivity index (χ1v) is 7.19. The van der Waals surface area contributed by atoms with Crippen molar-refractivity contribution in [1.29, 1.82) is 0 Å². The SMILES string of the molecule is O=C(O)c1ccc(N(c2ccc(Cl)cc2)c2ncccn2)cc1. The lowest BCUT2D eigenvalue weighted by Gasteiger charge is -2.22. The Hall–Kier alpha value is -2.92. The van der Waals surface area contributed by atoms with E-state index < -0.39 is 5.97 Å². The van der Waals surface area contributed by atoms with E-state index >= 15 is 0 Å². The lowest BCUT2D eigenvalue weighted by atomic mass is 10.2. The fourth-order valence-corrected chi connectivity index (χ4v) is 2.26. The van der Waals surface area contributed by atoms with Crippen LogP contribution in [0.25, 0.3) is 0 Å². The highest BCUT2D eigenvalue weighted by Crippen LogP contribution is 2.32. The van der Waals surface area contributed by atoms with Gasteiger partial charge in [0.25, 0.3) is 0 Å². The minimum Gasteiger partial charge on any atom is -0.478 e. The van der Waals surface area contributed by atoms with Crippen LogP contribution >= 0.6 is 11.6 Å². The second-order valence-electron chi connectivity index (χ2n) is 4.71. The quantitative estimate of drug-likeness (QED) is 0.774. The number of nitrogens with zero attached hydrogens (tertiary/aromatic N) is 3. The summed E-state index contributed by atoms with van der Waals surface area (Å²) in [5, 5.41) is 9.65. The van der Waals surface area contributed by atoms with Gasteiger partial charge in [-0.05, 0) is 54.6 Å². The van der Waals surface area contributed by atoms with Gasteiger partial charge in [-0.3, -0.25) is 4.90 Å². The van der Waals surface area contributed by atoms with Crippen LogP contribution in [0, 0.1) is 0 Å². The molecule has 2 aromatic carbocycles. The van der Waals surface area contributed by atoms with Gasteiger partial charge in [0.05, 0.1) is 5.56 Å². The third kappa shape index (κ3) is 3.30. The van der Waals surface area contributed by atoms with E-state index in [-0.39, 0.29) is 5.56 Å². The maximum atomic E-state index is 11.0. The molecule has 114 valence electrons. The van der Waals surface area contributed by atoms with Gasteiger partial charge in [-0.1, -0.05) is 11.6 Å². The van der Waals surface area contributed by atoms with E-state index in [1.807, 2.05) is 17.0 Å². The fourth-order valence-electron chi connectivity index (χ4n) is 2.13. The molecule has 0 bridgehead atoms. The molecule has 0 atom stereocenters. The molecule has 6 heteroatoms. The zero-order valence-electron chi connectivity index (χ0n) is 11.9. The molecule has 0 radical (unpaired) electrons. The number of carboxylic acid groups (broad SMARTS) is 1. The number of carboxylic acids is 1. The van der Waals surface area contributed by atoms with Crippen molar-refractivity contribution in [1.82, 2.24) is 9.97 Å². The van der Waals surface area contributed by atoms with Crippen molar-refractivity contribution in [2.45, 2.75) is 0 Å². The average molecular weight is 326 g/mol. The Morgan fingerprint density at radius 3 is 1.96 bits per heavy atom. The summed E-state index contributed by atoms with van der Waals surface area (Å²) in [5.74, 6) is -0.483. The Balaban J connectivity index is 2.08. The van der Waals surface area contributed by atoms with Crippen molar-refractivity contribution in [2.24, 2.45) is 0 Å². The Bertz CT molecular complexity index is 806. The number of benzene rings is 2. The molecule has 23 heavy (non-hydrogen) atoms. The van der Waals surface area contributed by atoms with Crippen molar-refractivity contribution in [2.75, 3.05) is 4.90 Å². The highest BCUT2D eigenvalue weighted by molar-refractivity contribution is 6.30. The fraction of sp³-hybridized carbons (Fsp3) is 0. The zero-order chi connectivity index (χ0) is 16.2. The first-order chi connectivity index (χ1) is 11.1. The van der Waals surface area contributed by atoms with E-state index in [1.165, 1.54) is 0 Å². The van der Waals surface area contributed by atoms with Crippen molar-refractivity contribution in [3.8, 4) is 0 Å². The summed E-state index contributed by atoms with van der Waals surface area (Å²) in [6, 6.07) is 15.5.